The molecule has 0 radical (unpaired) electrons. The summed E-state index contributed by atoms with van der Waals surface area (Å²) in [5, 5.41) is 3.34. The van der Waals surface area contributed by atoms with E-state index in [0.717, 1.165) is 113 Å². The minimum atomic E-state index is -2.28. The van der Waals surface area contributed by atoms with Crippen LogP contribution in [-0.2, 0) is 10.9 Å². The molecule has 1 aliphatic heterocycles. The molecule has 11 nitrogen and oxygen atoms in total. The third kappa shape index (κ3) is 10.8. The van der Waals surface area contributed by atoms with Gasteiger partial charge >= 0.3 is 22.8 Å². The van der Waals surface area contributed by atoms with Gasteiger partial charge in [0.1, 0.15) is 57.0 Å². The molecule has 1 aliphatic rings. The first kappa shape index (κ1) is 51.3. The van der Waals surface area contributed by atoms with Crippen molar-refractivity contribution in [1.82, 2.24) is 0 Å². The number of methoxy groups -OCH3 is 4. The predicted octanol–water partition coefficient (Wildman–Crippen LogP) is 17.9. The highest BCUT2D eigenvalue weighted by Crippen LogP contribution is 2.56. The van der Waals surface area contributed by atoms with E-state index >= 15 is 0 Å². The zero-order valence-electron chi connectivity index (χ0n) is 43.1. The van der Waals surface area contributed by atoms with Crippen LogP contribution in [0, 0.1) is 0 Å². The van der Waals surface area contributed by atoms with Crippen LogP contribution >= 0.6 is 16.8 Å². The first-order chi connectivity index (χ1) is 34.5. The molecule has 0 aliphatic carbocycles. The number of hydrogen-bond acceptors (Lipinski definition) is 11. The zero-order chi connectivity index (χ0) is 50.3. The Hall–Kier alpha value is -6.02. The molecule has 6 aromatic carbocycles. The Labute approximate surface area is 420 Å². The summed E-state index contributed by atoms with van der Waals surface area (Å²) >= 11 is 0. The Morgan fingerprint density at radius 3 is 1.65 bits per heavy atom. The second-order valence-corrected chi connectivity index (χ2v) is 20.5. The van der Waals surface area contributed by atoms with E-state index in [4.69, 9.17) is 45.4 Å². The van der Waals surface area contributed by atoms with Gasteiger partial charge in [0.15, 0.2) is 0 Å². The topological polar surface area (TPSA) is 117 Å². The third-order valence-corrected chi connectivity index (χ3v) is 15.6. The van der Waals surface area contributed by atoms with Crippen LogP contribution in [0.15, 0.2) is 93.3 Å². The van der Waals surface area contributed by atoms with Crippen LogP contribution in [0.25, 0.3) is 43.8 Å². The normalized spacial score (nSPS) is 14.8. The van der Waals surface area contributed by atoms with E-state index in [1.807, 2.05) is 66.7 Å². The van der Waals surface area contributed by atoms with Gasteiger partial charge in [-0.25, -0.2) is 4.79 Å². The molecule has 0 saturated heterocycles. The molecular weight excluding hydrogens is 935 g/mol. The molecule has 0 N–H and O–H groups in total. The van der Waals surface area contributed by atoms with Crippen LogP contribution in [0.4, 0.5) is 0 Å². The Balaban J connectivity index is 1.42. The van der Waals surface area contributed by atoms with Gasteiger partial charge in [-0.05, 0) is 121 Å². The summed E-state index contributed by atoms with van der Waals surface area (Å²) in [5.74, 6) is 3.70. The van der Waals surface area contributed by atoms with Crippen molar-refractivity contribution < 1.29 is 50.2 Å². The minimum absolute atomic E-state index is 0.00553. The maximum absolute atomic E-state index is 14.0. The number of carbonyl (C=O) groups is 1. The van der Waals surface area contributed by atoms with Crippen molar-refractivity contribution in [1.29, 1.82) is 0 Å². The van der Waals surface area contributed by atoms with Crippen LogP contribution < -0.4 is 32.5 Å². The van der Waals surface area contributed by atoms with Crippen LogP contribution in [0.1, 0.15) is 150 Å². The quantitative estimate of drug-likeness (QED) is 0.0641. The average molecular weight is 1000 g/mol. The van der Waals surface area contributed by atoms with Gasteiger partial charge in [0.05, 0.1) is 28.4 Å². The van der Waals surface area contributed by atoms with Crippen LogP contribution in [0.2, 0.25) is 0 Å². The van der Waals surface area contributed by atoms with Gasteiger partial charge in [-0.2, -0.15) is 0 Å². The van der Waals surface area contributed by atoms with E-state index in [9.17, 15) is 4.79 Å². The minimum Gasteiger partial charge on any atom is -0.497 e. The monoisotopic (exact) mass is 1000 g/mol. The Bertz CT molecular complexity index is 3070. The largest absolute Gasteiger partial charge is 0.532 e. The number of rotatable bonds is 21. The molecule has 71 heavy (non-hydrogen) atoms. The van der Waals surface area contributed by atoms with Crippen LogP contribution in [0.5, 0.6) is 40.2 Å². The van der Waals surface area contributed by atoms with Gasteiger partial charge in [-0.3, -0.25) is 0 Å². The van der Waals surface area contributed by atoms with Gasteiger partial charge in [0.2, 0.25) is 0 Å². The Morgan fingerprint density at radius 1 is 0.535 bits per heavy atom. The van der Waals surface area contributed by atoms with Crippen LogP contribution in [0.3, 0.4) is 0 Å². The summed E-state index contributed by atoms with van der Waals surface area (Å²) in [7, 11) is 2.20. The molecule has 0 fully saturated rings. The molecule has 0 saturated carbocycles. The smallest absolute Gasteiger partial charge is 0.497 e. The summed E-state index contributed by atoms with van der Waals surface area (Å²) in [6.45, 7) is 15.3. The number of aryl methyl sites for hydroxylation is 1. The summed E-state index contributed by atoms with van der Waals surface area (Å²) in [5.41, 5.74) is 6.76. The summed E-state index contributed by atoms with van der Waals surface area (Å²) in [4.78, 5) is 14.0. The fourth-order valence-electron chi connectivity index (χ4n) is 9.77. The van der Waals surface area contributed by atoms with Gasteiger partial charge in [0, 0.05) is 38.6 Å². The molecule has 0 amide bonds. The van der Waals surface area contributed by atoms with E-state index in [1.165, 1.54) is 0 Å². The van der Waals surface area contributed by atoms with E-state index in [0.29, 0.717) is 56.6 Å². The molecule has 2 heterocycles. The first-order valence-corrected chi connectivity index (χ1v) is 27.3. The lowest BCUT2D eigenvalue weighted by Crippen LogP contribution is -2.16. The SMILES string of the molecule is CCCCc1cc(OC)cc2c1op(Oc1c(-c3cc(OC)cc(C(C)CCC)c3OP3OC(=O)c4c(ccc5ccccc45)O3)cc(OC)cc1C(C)CCC)oc1c(C(C)CCC)cc(OC)cc12. The van der Waals surface area contributed by atoms with Crippen molar-refractivity contribution in [2.75, 3.05) is 28.4 Å². The van der Waals surface area contributed by atoms with Crippen molar-refractivity contribution in [3.05, 3.63) is 113 Å². The highest BCUT2D eigenvalue weighted by Gasteiger charge is 2.36. The highest BCUT2D eigenvalue weighted by molar-refractivity contribution is 7.43. The Morgan fingerprint density at radius 2 is 1.06 bits per heavy atom. The zero-order valence-corrected chi connectivity index (χ0v) is 44.9. The van der Waals surface area contributed by atoms with Crippen molar-refractivity contribution in [3.63, 3.8) is 0 Å². The number of unbranched alkanes of at least 4 members (excludes halogenated alkanes) is 1. The number of hydrogen-bond donors (Lipinski definition) is 0. The number of benzene rings is 6. The number of carbonyl (C=O) groups excluding carboxylic acids is 1. The van der Waals surface area contributed by atoms with E-state index < -0.39 is 22.8 Å². The van der Waals surface area contributed by atoms with Crippen molar-refractivity contribution in [2.45, 2.75) is 124 Å². The lowest BCUT2D eigenvalue weighted by atomic mass is 9.88. The van der Waals surface area contributed by atoms with E-state index in [2.05, 4.69) is 60.6 Å². The molecule has 7 aromatic rings. The van der Waals surface area contributed by atoms with E-state index in [-0.39, 0.29) is 17.8 Å². The molecule has 1 aromatic heterocycles. The summed E-state index contributed by atoms with van der Waals surface area (Å²) in [6.07, 6.45) is 8.14. The molecule has 8 rings (SSSR count). The molecule has 13 heteroatoms. The summed E-state index contributed by atoms with van der Waals surface area (Å²) < 4.78 is 65.6. The number of fused-ring (bicyclic) bond motifs is 6. The highest BCUT2D eigenvalue weighted by atomic mass is 31.2. The Kier molecular flexibility index (Phi) is 16.7. The molecular formula is C58H68O11P2. The fraction of sp³-hybridized carbons (Fsp3) is 0.397. The van der Waals surface area contributed by atoms with Gasteiger partial charge in [0.25, 0.3) is 0 Å². The van der Waals surface area contributed by atoms with Crippen molar-refractivity contribution >= 4 is 55.5 Å². The molecule has 5 atom stereocenters. The fourth-order valence-corrected chi connectivity index (χ4v) is 12.0. The second kappa shape index (κ2) is 23.0. The number of ether oxygens (including phenoxy) is 4. The maximum atomic E-state index is 14.0. The first-order valence-electron chi connectivity index (χ1n) is 25.1. The molecule has 0 spiro atoms. The molecule has 0 bridgehead atoms. The molecule has 5 unspecified atom stereocenters. The van der Waals surface area contributed by atoms with E-state index in [1.54, 1.807) is 34.5 Å². The maximum Gasteiger partial charge on any atom is 0.532 e. The van der Waals surface area contributed by atoms with Crippen LogP contribution in [-0.4, -0.2) is 34.4 Å². The lowest BCUT2D eigenvalue weighted by molar-refractivity contribution is 0.0700. The summed E-state index contributed by atoms with van der Waals surface area (Å²) in [6, 6.07) is 27.6. The molecule has 376 valence electrons. The third-order valence-electron chi connectivity index (χ3n) is 13.6. The van der Waals surface area contributed by atoms with Crippen molar-refractivity contribution in [3.8, 4) is 51.4 Å². The average Bonchev–Trinajstić information content (AvgIpc) is 3.53. The standard InChI is InChI=1S/C58H68O11P2/c1-12-16-22-39-27-40(60-8)31-48-49-32-41(61-9)28-45(35(5)19-13-2)55(49)67-71(65-54(39)48)68-57-47(37(7)21-15-4)30-43(63-11)34-51(57)50-33-42(62-10)29-46(36(6)20-14-3)56(50)66-70-64-52-26-25-38-23-17-18-24-44(38)53(52)58(59)69-70/h17-18,23-37H,12-16,19-22H2,1-11H3. The van der Waals surface area contributed by atoms with Gasteiger partial charge in [-0.1, -0.05) is 104 Å². The van der Waals surface area contributed by atoms with Crippen molar-refractivity contribution in [2.24, 2.45) is 0 Å². The van der Waals surface area contributed by atoms with Gasteiger partial charge < -0.3 is 45.4 Å². The van der Waals surface area contributed by atoms with Gasteiger partial charge in [-0.15, -0.1) is 0 Å². The lowest BCUT2D eigenvalue weighted by Gasteiger charge is -2.28. The second-order valence-electron chi connectivity index (χ2n) is 18.6. The predicted molar refractivity (Wildman–Crippen MR) is 287 cm³/mol.